The molecule has 0 spiro atoms. The lowest BCUT2D eigenvalue weighted by Gasteiger charge is -2.31. The molecule has 0 saturated heterocycles. The SMILES string of the molecule is COc1cc2c3c(c1)c1nnc(SC)nc1n3C(C)(C)C=C2C. The molecule has 1 aliphatic rings. The van der Waals surface area contributed by atoms with Crippen LogP contribution in [0.5, 0.6) is 5.75 Å². The van der Waals surface area contributed by atoms with Crippen molar-refractivity contribution in [2.75, 3.05) is 13.4 Å². The predicted molar refractivity (Wildman–Crippen MR) is 94.1 cm³/mol. The minimum Gasteiger partial charge on any atom is -0.497 e. The molecule has 1 aliphatic heterocycles. The smallest absolute Gasteiger partial charge is 0.210 e. The fraction of sp³-hybridized carbons (Fsp3) is 0.353. The maximum absolute atomic E-state index is 5.48. The Morgan fingerprint density at radius 3 is 2.70 bits per heavy atom. The third-order valence-electron chi connectivity index (χ3n) is 4.41. The molecule has 5 nitrogen and oxygen atoms in total. The summed E-state index contributed by atoms with van der Waals surface area (Å²) in [6.07, 6.45) is 4.24. The highest BCUT2D eigenvalue weighted by Gasteiger charge is 2.31. The van der Waals surface area contributed by atoms with Crippen molar-refractivity contribution in [2.24, 2.45) is 0 Å². The Morgan fingerprint density at radius 2 is 2.00 bits per heavy atom. The Kier molecular flexibility index (Phi) is 2.97. The maximum atomic E-state index is 5.48. The number of nitrogens with zero attached hydrogens (tertiary/aromatic N) is 4. The summed E-state index contributed by atoms with van der Waals surface area (Å²) < 4.78 is 7.75. The highest BCUT2D eigenvalue weighted by Crippen LogP contribution is 2.43. The van der Waals surface area contributed by atoms with Gasteiger partial charge in [-0.25, -0.2) is 4.98 Å². The fourth-order valence-corrected chi connectivity index (χ4v) is 3.81. The van der Waals surface area contributed by atoms with E-state index in [1.54, 1.807) is 7.11 Å². The van der Waals surface area contributed by atoms with Crippen LogP contribution in [-0.2, 0) is 5.54 Å². The Hall–Kier alpha value is -2.08. The van der Waals surface area contributed by atoms with Crippen LogP contribution in [0.2, 0.25) is 0 Å². The molecular formula is C17H18N4OS. The molecule has 0 unspecified atom stereocenters. The van der Waals surface area contributed by atoms with Gasteiger partial charge in [-0.05, 0) is 44.7 Å². The molecule has 3 aromatic rings. The van der Waals surface area contributed by atoms with E-state index in [1.807, 2.05) is 12.3 Å². The Morgan fingerprint density at radius 1 is 1.22 bits per heavy atom. The van der Waals surface area contributed by atoms with Gasteiger partial charge in [-0.3, -0.25) is 0 Å². The first-order valence-corrected chi connectivity index (χ1v) is 8.70. The van der Waals surface area contributed by atoms with Gasteiger partial charge in [0.1, 0.15) is 11.3 Å². The number of fused-ring (bicyclic) bond motifs is 3. The van der Waals surface area contributed by atoms with Gasteiger partial charge in [0.05, 0.1) is 18.2 Å². The van der Waals surface area contributed by atoms with Crippen molar-refractivity contribution in [1.82, 2.24) is 19.7 Å². The van der Waals surface area contributed by atoms with Crippen molar-refractivity contribution in [3.8, 4) is 5.75 Å². The molecule has 23 heavy (non-hydrogen) atoms. The van der Waals surface area contributed by atoms with Crippen molar-refractivity contribution in [3.63, 3.8) is 0 Å². The molecule has 0 fully saturated rings. The highest BCUT2D eigenvalue weighted by atomic mass is 32.2. The van der Waals surface area contributed by atoms with E-state index < -0.39 is 0 Å². The monoisotopic (exact) mass is 326 g/mol. The Labute approximate surface area is 138 Å². The highest BCUT2D eigenvalue weighted by molar-refractivity contribution is 7.98. The number of ether oxygens (including phenoxy) is 1. The zero-order valence-electron chi connectivity index (χ0n) is 13.8. The summed E-state index contributed by atoms with van der Waals surface area (Å²) in [7, 11) is 1.69. The molecule has 3 heterocycles. The molecule has 0 bridgehead atoms. The summed E-state index contributed by atoms with van der Waals surface area (Å²) in [5, 5.41) is 10.4. The fourth-order valence-electron chi connectivity index (χ4n) is 3.51. The van der Waals surface area contributed by atoms with Crippen molar-refractivity contribution >= 4 is 39.4 Å². The lowest BCUT2D eigenvalue weighted by molar-refractivity contribution is 0.415. The topological polar surface area (TPSA) is 52.8 Å². The number of thioether (sulfide) groups is 1. The van der Waals surface area contributed by atoms with Gasteiger partial charge in [0.25, 0.3) is 0 Å². The molecular weight excluding hydrogens is 308 g/mol. The van der Waals surface area contributed by atoms with Crippen molar-refractivity contribution in [2.45, 2.75) is 31.5 Å². The number of methoxy groups -OCH3 is 1. The van der Waals surface area contributed by atoms with Crippen LogP contribution in [0.1, 0.15) is 26.3 Å². The van der Waals surface area contributed by atoms with E-state index in [1.165, 1.54) is 22.9 Å². The minimum absolute atomic E-state index is 0.169. The number of hydrogen-bond donors (Lipinski definition) is 0. The number of rotatable bonds is 2. The second-order valence-electron chi connectivity index (χ2n) is 6.36. The van der Waals surface area contributed by atoms with Crippen molar-refractivity contribution < 1.29 is 4.74 Å². The largest absolute Gasteiger partial charge is 0.497 e. The molecule has 0 aliphatic carbocycles. The maximum Gasteiger partial charge on any atom is 0.210 e. The standard InChI is InChI=1S/C17H18N4OS/c1-9-8-17(2,3)21-14-11(9)6-10(22-4)7-12(14)13-15(21)18-16(23-5)20-19-13/h6-8H,1-5H3. The average molecular weight is 326 g/mol. The van der Waals surface area contributed by atoms with Crippen LogP contribution in [0.4, 0.5) is 0 Å². The first-order valence-electron chi connectivity index (χ1n) is 7.47. The van der Waals surface area contributed by atoms with E-state index in [4.69, 9.17) is 9.72 Å². The number of aromatic nitrogens is 4. The van der Waals surface area contributed by atoms with E-state index in [0.29, 0.717) is 5.16 Å². The molecule has 0 atom stereocenters. The molecule has 6 heteroatoms. The van der Waals surface area contributed by atoms with Crippen LogP contribution < -0.4 is 4.74 Å². The Bertz CT molecular complexity index is 987. The normalized spacial score (nSPS) is 16.0. The quantitative estimate of drug-likeness (QED) is 0.669. The first-order chi connectivity index (χ1) is 11.0. The average Bonchev–Trinajstić information content (AvgIpc) is 2.86. The number of benzene rings is 1. The van der Waals surface area contributed by atoms with Crippen LogP contribution in [0, 0.1) is 0 Å². The van der Waals surface area contributed by atoms with Gasteiger partial charge in [0, 0.05) is 10.9 Å². The van der Waals surface area contributed by atoms with Gasteiger partial charge in [0.15, 0.2) is 5.65 Å². The molecule has 4 rings (SSSR count). The summed E-state index contributed by atoms with van der Waals surface area (Å²) in [5.41, 5.74) is 5.11. The van der Waals surface area contributed by atoms with Crippen molar-refractivity contribution in [1.29, 1.82) is 0 Å². The molecule has 0 N–H and O–H groups in total. The molecule has 2 aromatic heterocycles. The third-order valence-corrected chi connectivity index (χ3v) is 4.95. The molecule has 1 aromatic carbocycles. The Balaban J connectivity index is 2.26. The second kappa shape index (κ2) is 4.71. The summed E-state index contributed by atoms with van der Waals surface area (Å²) in [4.78, 5) is 4.74. The molecule has 0 saturated carbocycles. The van der Waals surface area contributed by atoms with Gasteiger partial charge >= 0.3 is 0 Å². The molecule has 118 valence electrons. The van der Waals surface area contributed by atoms with Gasteiger partial charge < -0.3 is 9.30 Å². The van der Waals surface area contributed by atoms with Gasteiger partial charge in [-0.1, -0.05) is 17.8 Å². The zero-order chi connectivity index (χ0) is 16.4. The van der Waals surface area contributed by atoms with E-state index in [2.05, 4.69) is 47.7 Å². The minimum atomic E-state index is -0.169. The van der Waals surface area contributed by atoms with Gasteiger partial charge in [-0.2, -0.15) is 0 Å². The number of hydrogen-bond acceptors (Lipinski definition) is 5. The van der Waals surface area contributed by atoms with E-state index in [-0.39, 0.29) is 5.54 Å². The van der Waals surface area contributed by atoms with Crippen LogP contribution >= 0.6 is 11.8 Å². The predicted octanol–water partition coefficient (Wildman–Crippen LogP) is 3.86. The van der Waals surface area contributed by atoms with Crippen LogP contribution in [-0.4, -0.2) is 33.1 Å². The van der Waals surface area contributed by atoms with Gasteiger partial charge in [0.2, 0.25) is 5.16 Å². The summed E-state index contributed by atoms with van der Waals surface area (Å²) >= 11 is 1.51. The lowest BCUT2D eigenvalue weighted by atomic mass is 9.92. The van der Waals surface area contributed by atoms with Crippen molar-refractivity contribution in [3.05, 3.63) is 23.8 Å². The van der Waals surface area contributed by atoms with Gasteiger partial charge in [-0.15, -0.1) is 10.2 Å². The molecule has 0 radical (unpaired) electrons. The molecule has 0 amide bonds. The zero-order valence-corrected chi connectivity index (χ0v) is 14.7. The van der Waals surface area contributed by atoms with E-state index >= 15 is 0 Å². The van der Waals surface area contributed by atoms with Crippen LogP contribution in [0.15, 0.2) is 23.4 Å². The van der Waals surface area contributed by atoms with Crippen LogP contribution in [0.25, 0.3) is 27.6 Å². The van der Waals surface area contributed by atoms with E-state index in [9.17, 15) is 0 Å². The second-order valence-corrected chi connectivity index (χ2v) is 7.13. The lowest BCUT2D eigenvalue weighted by Crippen LogP contribution is -2.27. The third kappa shape index (κ3) is 1.91. The summed E-state index contributed by atoms with van der Waals surface area (Å²) in [6.45, 7) is 6.54. The summed E-state index contributed by atoms with van der Waals surface area (Å²) in [6, 6.07) is 4.11. The number of allylic oxidation sites excluding steroid dienone is 2. The van der Waals surface area contributed by atoms with Crippen LogP contribution in [0.3, 0.4) is 0 Å². The van der Waals surface area contributed by atoms with E-state index in [0.717, 1.165) is 27.8 Å². The summed E-state index contributed by atoms with van der Waals surface area (Å²) in [5.74, 6) is 0.828. The first kappa shape index (κ1) is 14.5.